The van der Waals surface area contributed by atoms with Gasteiger partial charge in [0.2, 0.25) is 10.0 Å². The van der Waals surface area contributed by atoms with Gasteiger partial charge in [0, 0.05) is 37.7 Å². The summed E-state index contributed by atoms with van der Waals surface area (Å²) in [5, 5.41) is 5.27. The van der Waals surface area contributed by atoms with E-state index in [4.69, 9.17) is 4.74 Å². The summed E-state index contributed by atoms with van der Waals surface area (Å²) in [6.07, 6.45) is 4.15. The van der Waals surface area contributed by atoms with Crippen LogP contribution in [0.15, 0.2) is 16.3 Å². The van der Waals surface area contributed by atoms with Crippen molar-refractivity contribution < 1.29 is 13.2 Å². The Hall–Kier alpha value is -0.470. The van der Waals surface area contributed by atoms with Crippen molar-refractivity contribution >= 4 is 21.4 Å². The van der Waals surface area contributed by atoms with Crippen LogP contribution in [0.5, 0.6) is 0 Å². The molecule has 3 rings (SSSR count). The molecule has 1 saturated heterocycles. The summed E-state index contributed by atoms with van der Waals surface area (Å²) in [7, 11) is -1.67. The lowest BCUT2D eigenvalue weighted by molar-refractivity contribution is 0.0604. The summed E-state index contributed by atoms with van der Waals surface area (Å²) in [6, 6.07) is 2.33. The van der Waals surface area contributed by atoms with Crippen molar-refractivity contribution in [3.8, 4) is 0 Å². The van der Waals surface area contributed by atoms with Crippen LogP contribution in [0.3, 0.4) is 0 Å². The summed E-state index contributed by atoms with van der Waals surface area (Å²) in [5.41, 5.74) is 0. The van der Waals surface area contributed by atoms with Crippen LogP contribution in [0.1, 0.15) is 30.6 Å². The molecule has 2 fully saturated rings. The molecule has 1 aromatic rings. The highest BCUT2D eigenvalue weighted by Crippen LogP contribution is 2.29. The Bertz CT molecular complexity index is 573. The second-order valence-electron chi connectivity index (χ2n) is 5.70. The first-order valence-electron chi connectivity index (χ1n) is 7.44. The van der Waals surface area contributed by atoms with E-state index < -0.39 is 10.0 Å². The minimum absolute atomic E-state index is 0.190. The first kappa shape index (κ1) is 15.4. The third-order valence-electron chi connectivity index (χ3n) is 4.19. The number of hydrogen-bond donors (Lipinski definition) is 1. The molecule has 0 aromatic carbocycles. The summed E-state index contributed by atoms with van der Waals surface area (Å²) in [5.74, 6) is 0. The summed E-state index contributed by atoms with van der Waals surface area (Å²) in [6.45, 7) is 1.75. The zero-order valence-corrected chi connectivity index (χ0v) is 13.9. The number of piperidine rings is 1. The van der Waals surface area contributed by atoms with Gasteiger partial charge in [-0.15, -0.1) is 11.3 Å². The molecule has 118 valence electrons. The van der Waals surface area contributed by atoms with Gasteiger partial charge in [-0.3, -0.25) is 0 Å². The fourth-order valence-corrected chi connectivity index (χ4v) is 5.49. The van der Waals surface area contributed by atoms with Gasteiger partial charge < -0.3 is 10.1 Å². The zero-order chi connectivity index (χ0) is 14.9. The molecule has 0 spiro atoms. The maximum Gasteiger partial charge on any atom is 0.244 e. The number of rotatable bonds is 6. The molecule has 1 aromatic heterocycles. The van der Waals surface area contributed by atoms with Crippen molar-refractivity contribution in [1.29, 1.82) is 0 Å². The van der Waals surface area contributed by atoms with Crippen molar-refractivity contribution in [1.82, 2.24) is 9.62 Å². The topological polar surface area (TPSA) is 58.6 Å². The molecule has 0 radical (unpaired) electrons. The lowest BCUT2D eigenvalue weighted by atomic mass is 10.1. The molecule has 0 unspecified atom stereocenters. The second kappa shape index (κ2) is 6.34. The first-order valence-corrected chi connectivity index (χ1v) is 9.76. The Balaban J connectivity index is 1.70. The van der Waals surface area contributed by atoms with Crippen molar-refractivity contribution in [3.05, 3.63) is 16.3 Å². The lowest BCUT2D eigenvalue weighted by Gasteiger charge is -2.30. The average molecular weight is 330 g/mol. The molecule has 21 heavy (non-hydrogen) atoms. The monoisotopic (exact) mass is 330 g/mol. The fourth-order valence-electron chi connectivity index (χ4n) is 2.66. The van der Waals surface area contributed by atoms with Crippen LogP contribution in [0.2, 0.25) is 0 Å². The molecule has 1 N–H and O–H groups in total. The molecule has 0 atom stereocenters. The number of nitrogens with one attached hydrogen (secondary N) is 1. The predicted octanol–water partition coefficient (Wildman–Crippen LogP) is 1.80. The summed E-state index contributed by atoms with van der Waals surface area (Å²) in [4.78, 5) is 1.41. The third-order valence-corrected chi connectivity index (χ3v) is 7.22. The highest BCUT2D eigenvalue weighted by Gasteiger charge is 2.31. The van der Waals surface area contributed by atoms with E-state index in [1.54, 1.807) is 17.5 Å². The summed E-state index contributed by atoms with van der Waals surface area (Å²) >= 11 is 1.52. The molecule has 2 aliphatic rings. The largest absolute Gasteiger partial charge is 0.381 e. The van der Waals surface area contributed by atoms with Crippen LogP contribution in [0.4, 0.5) is 0 Å². The van der Waals surface area contributed by atoms with Crippen molar-refractivity contribution in [2.75, 3.05) is 20.2 Å². The van der Waals surface area contributed by atoms with Crippen molar-refractivity contribution in [3.63, 3.8) is 0 Å². The molecule has 1 saturated carbocycles. The SMILES string of the molecule is COC1CCN(S(=O)(=O)c2ccsc2CNC2CC2)CC1. The molecule has 1 aliphatic carbocycles. The van der Waals surface area contributed by atoms with E-state index in [1.165, 1.54) is 24.2 Å². The van der Waals surface area contributed by atoms with E-state index >= 15 is 0 Å². The van der Waals surface area contributed by atoms with Gasteiger partial charge in [-0.2, -0.15) is 4.31 Å². The maximum absolute atomic E-state index is 12.8. The second-order valence-corrected chi connectivity index (χ2v) is 8.61. The number of hydrogen-bond acceptors (Lipinski definition) is 5. The molecule has 1 aliphatic heterocycles. The number of thiophene rings is 1. The van der Waals surface area contributed by atoms with Gasteiger partial charge in [0.1, 0.15) is 0 Å². The van der Waals surface area contributed by atoms with Gasteiger partial charge in [-0.1, -0.05) is 0 Å². The van der Waals surface area contributed by atoms with Gasteiger partial charge in [0.15, 0.2) is 0 Å². The number of nitrogens with zero attached hydrogens (tertiary/aromatic N) is 1. The van der Waals surface area contributed by atoms with E-state index in [1.807, 2.05) is 5.38 Å². The Morgan fingerprint density at radius 3 is 2.67 bits per heavy atom. The molecule has 0 amide bonds. The molecule has 2 heterocycles. The molecule has 0 bridgehead atoms. The highest BCUT2D eigenvalue weighted by atomic mass is 32.2. The third kappa shape index (κ3) is 3.48. The Morgan fingerprint density at radius 1 is 1.33 bits per heavy atom. The Morgan fingerprint density at radius 2 is 2.05 bits per heavy atom. The van der Waals surface area contributed by atoms with Gasteiger partial charge in [-0.25, -0.2) is 8.42 Å². The van der Waals surface area contributed by atoms with Crippen LogP contribution in [-0.4, -0.2) is 45.1 Å². The van der Waals surface area contributed by atoms with Crippen LogP contribution in [0, 0.1) is 0 Å². The fraction of sp³-hybridized carbons (Fsp3) is 0.714. The lowest BCUT2D eigenvalue weighted by Crippen LogP contribution is -2.40. The Labute approximate surface area is 130 Å². The van der Waals surface area contributed by atoms with E-state index in [0.717, 1.165) is 17.7 Å². The molecule has 7 heteroatoms. The Kier molecular flexibility index (Phi) is 4.66. The highest BCUT2D eigenvalue weighted by molar-refractivity contribution is 7.89. The van der Waals surface area contributed by atoms with Crippen LogP contribution >= 0.6 is 11.3 Å². The number of sulfonamides is 1. The molecular weight excluding hydrogens is 308 g/mol. The minimum Gasteiger partial charge on any atom is -0.381 e. The zero-order valence-electron chi connectivity index (χ0n) is 12.2. The van der Waals surface area contributed by atoms with Crippen LogP contribution in [-0.2, 0) is 21.3 Å². The quantitative estimate of drug-likeness (QED) is 0.864. The smallest absolute Gasteiger partial charge is 0.244 e. The van der Waals surface area contributed by atoms with Crippen LogP contribution in [0.25, 0.3) is 0 Å². The molecule has 5 nitrogen and oxygen atoms in total. The van der Waals surface area contributed by atoms with E-state index in [0.29, 0.717) is 30.6 Å². The molecular formula is C14H22N2O3S2. The van der Waals surface area contributed by atoms with Crippen LogP contribution < -0.4 is 5.32 Å². The van der Waals surface area contributed by atoms with Crippen molar-refractivity contribution in [2.24, 2.45) is 0 Å². The van der Waals surface area contributed by atoms with E-state index in [-0.39, 0.29) is 6.10 Å². The van der Waals surface area contributed by atoms with Gasteiger partial charge in [0.25, 0.3) is 0 Å². The van der Waals surface area contributed by atoms with E-state index in [2.05, 4.69) is 5.32 Å². The number of methoxy groups -OCH3 is 1. The number of ether oxygens (including phenoxy) is 1. The standard InChI is InChI=1S/C14H22N2O3S2/c1-19-12-4-7-16(8-5-12)21(17,18)14-6-9-20-13(14)10-15-11-2-3-11/h6,9,11-12,15H,2-5,7-8,10H2,1H3. The van der Waals surface area contributed by atoms with Crippen molar-refractivity contribution in [2.45, 2.75) is 49.3 Å². The first-order chi connectivity index (χ1) is 10.1. The minimum atomic E-state index is -3.36. The maximum atomic E-state index is 12.8. The summed E-state index contributed by atoms with van der Waals surface area (Å²) < 4.78 is 32.5. The van der Waals surface area contributed by atoms with Gasteiger partial charge in [0.05, 0.1) is 11.0 Å². The van der Waals surface area contributed by atoms with E-state index in [9.17, 15) is 8.42 Å². The van der Waals surface area contributed by atoms with Gasteiger partial charge >= 0.3 is 0 Å². The predicted molar refractivity (Wildman–Crippen MR) is 83.0 cm³/mol. The average Bonchev–Trinajstić information content (AvgIpc) is 3.20. The van der Waals surface area contributed by atoms with Gasteiger partial charge in [-0.05, 0) is 37.1 Å². The normalized spacial score (nSPS) is 21.8.